The number of hydrogen-bond donors (Lipinski definition) is 2. The van der Waals surface area contributed by atoms with Gasteiger partial charge in [0.25, 0.3) is 0 Å². The molecule has 0 radical (unpaired) electrons. The Hall–Kier alpha value is -2.01. The van der Waals surface area contributed by atoms with E-state index < -0.39 is 15.3 Å². The van der Waals surface area contributed by atoms with E-state index in [1.54, 1.807) is 26.0 Å². The number of sulfonamides is 1. The number of hydrogen-bond acceptors (Lipinski definition) is 3. The maximum Gasteiger partial charge on any atom is 0.235 e. The summed E-state index contributed by atoms with van der Waals surface area (Å²) in [7, 11) is -3.28. The summed E-state index contributed by atoms with van der Waals surface area (Å²) in [5.41, 5.74) is 2.74. The van der Waals surface area contributed by atoms with E-state index >= 15 is 0 Å². The predicted octanol–water partition coefficient (Wildman–Crippen LogP) is 3.45. The standard InChI is InChI=1S/C16H20N2O2S/c1-13(2)21(19,20)18-16-10-8-14(9-11-16)12-17-15-6-4-3-5-7-15/h3-11,13,17-18H,12H2,1-2H3. The highest BCUT2D eigenvalue weighted by atomic mass is 32.2. The Morgan fingerprint density at radius 2 is 1.52 bits per heavy atom. The van der Waals surface area contributed by atoms with Gasteiger partial charge in [0.1, 0.15) is 0 Å². The second kappa shape index (κ2) is 6.63. The molecule has 0 bridgehead atoms. The summed E-state index contributed by atoms with van der Waals surface area (Å²) >= 11 is 0. The Kier molecular flexibility index (Phi) is 4.85. The normalized spacial score (nSPS) is 11.4. The maximum absolute atomic E-state index is 11.8. The van der Waals surface area contributed by atoms with E-state index in [9.17, 15) is 8.42 Å². The molecule has 2 aromatic carbocycles. The van der Waals surface area contributed by atoms with Gasteiger partial charge < -0.3 is 5.32 Å². The van der Waals surface area contributed by atoms with E-state index in [0.717, 1.165) is 11.3 Å². The molecule has 0 amide bonds. The molecule has 0 aromatic heterocycles. The Labute approximate surface area is 126 Å². The number of benzene rings is 2. The van der Waals surface area contributed by atoms with Crippen molar-refractivity contribution in [3.05, 3.63) is 60.2 Å². The first-order chi connectivity index (χ1) is 9.97. The number of para-hydroxylation sites is 1. The summed E-state index contributed by atoms with van der Waals surface area (Å²) in [6.45, 7) is 4.00. The van der Waals surface area contributed by atoms with Gasteiger partial charge in [-0.2, -0.15) is 0 Å². The molecule has 0 aliphatic carbocycles. The molecule has 2 N–H and O–H groups in total. The molecule has 2 aromatic rings. The van der Waals surface area contributed by atoms with Crippen molar-refractivity contribution in [3.8, 4) is 0 Å². The zero-order valence-corrected chi connectivity index (χ0v) is 13.0. The van der Waals surface area contributed by atoms with Crippen LogP contribution in [0.3, 0.4) is 0 Å². The lowest BCUT2D eigenvalue weighted by molar-refractivity contribution is 0.593. The molecule has 0 heterocycles. The molecule has 2 rings (SSSR count). The molecule has 21 heavy (non-hydrogen) atoms. The Morgan fingerprint density at radius 1 is 0.905 bits per heavy atom. The fraction of sp³-hybridized carbons (Fsp3) is 0.250. The average molecular weight is 304 g/mol. The second-order valence-corrected chi connectivity index (χ2v) is 7.35. The van der Waals surface area contributed by atoms with Crippen LogP contribution in [0.15, 0.2) is 54.6 Å². The van der Waals surface area contributed by atoms with Gasteiger partial charge >= 0.3 is 0 Å². The van der Waals surface area contributed by atoms with Crippen LogP contribution in [0.2, 0.25) is 0 Å². The number of anilines is 2. The fourth-order valence-corrected chi connectivity index (χ4v) is 2.43. The van der Waals surface area contributed by atoms with E-state index in [0.29, 0.717) is 12.2 Å². The quantitative estimate of drug-likeness (QED) is 0.859. The van der Waals surface area contributed by atoms with Crippen LogP contribution in [0.4, 0.5) is 11.4 Å². The summed E-state index contributed by atoms with van der Waals surface area (Å²) in [4.78, 5) is 0. The molecule has 0 aliphatic rings. The van der Waals surface area contributed by atoms with E-state index in [4.69, 9.17) is 0 Å². The first-order valence-electron chi connectivity index (χ1n) is 6.87. The highest BCUT2D eigenvalue weighted by Gasteiger charge is 2.15. The molecule has 0 atom stereocenters. The Balaban J connectivity index is 1.96. The van der Waals surface area contributed by atoms with Crippen molar-refractivity contribution in [2.45, 2.75) is 25.6 Å². The largest absolute Gasteiger partial charge is 0.381 e. The zero-order valence-electron chi connectivity index (χ0n) is 12.2. The van der Waals surface area contributed by atoms with Gasteiger partial charge in [-0.15, -0.1) is 0 Å². The SMILES string of the molecule is CC(C)S(=O)(=O)Nc1ccc(CNc2ccccc2)cc1. The minimum atomic E-state index is -3.28. The van der Waals surface area contributed by atoms with E-state index in [1.807, 2.05) is 42.5 Å². The van der Waals surface area contributed by atoms with Gasteiger partial charge in [-0.05, 0) is 43.7 Å². The number of nitrogens with one attached hydrogen (secondary N) is 2. The van der Waals surface area contributed by atoms with Crippen LogP contribution in [-0.2, 0) is 16.6 Å². The zero-order chi connectivity index (χ0) is 15.3. The van der Waals surface area contributed by atoms with Crippen LogP contribution in [0, 0.1) is 0 Å². The molecule has 112 valence electrons. The van der Waals surface area contributed by atoms with E-state index in [2.05, 4.69) is 10.0 Å². The van der Waals surface area contributed by atoms with Gasteiger partial charge in [-0.3, -0.25) is 4.72 Å². The van der Waals surface area contributed by atoms with Crippen molar-refractivity contribution < 1.29 is 8.42 Å². The monoisotopic (exact) mass is 304 g/mol. The van der Waals surface area contributed by atoms with Gasteiger partial charge in [-0.25, -0.2) is 8.42 Å². The van der Waals surface area contributed by atoms with Gasteiger partial charge in [0.05, 0.1) is 5.25 Å². The molecule has 0 saturated heterocycles. The topological polar surface area (TPSA) is 58.2 Å². The van der Waals surface area contributed by atoms with Crippen LogP contribution in [-0.4, -0.2) is 13.7 Å². The highest BCUT2D eigenvalue weighted by Crippen LogP contribution is 2.14. The third kappa shape index (κ3) is 4.49. The average Bonchev–Trinajstić information content (AvgIpc) is 2.47. The van der Waals surface area contributed by atoms with Crippen molar-refractivity contribution in [1.82, 2.24) is 0 Å². The minimum Gasteiger partial charge on any atom is -0.381 e. The van der Waals surface area contributed by atoms with Crippen LogP contribution >= 0.6 is 0 Å². The summed E-state index contributed by atoms with van der Waals surface area (Å²) < 4.78 is 26.1. The van der Waals surface area contributed by atoms with Crippen LogP contribution < -0.4 is 10.0 Å². The number of rotatable bonds is 6. The smallest absolute Gasteiger partial charge is 0.235 e. The Morgan fingerprint density at radius 3 is 2.10 bits per heavy atom. The fourth-order valence-electron chi connectivity index (χ4n) is 1.73. The van der Waals surface area contributed by atoms with E-state index in [1.165, 1.54) is 0 Å². The lowest BCUT2D eigenvalue weighted by Gasteiger charge is -2.11. The van der Waals surface area contributed by atoms with Crippen LogP contribution in [0.1, 0.15) is 19.4 Å². The van der Waals surface area contributed by atoms with Crippen LogP contribution in [0.25, 0.3) is 0 Å². The van der Waals surface area contributed by atoms with Crippen molar-refractivity contribution in [3.63, 3.8) is 0 Å². The van der Waals surface area contributed by atoms with Crippen LogP contribution in [0.5, 0.6) is 0 Å². The van der Waals surface area contributed by atoms with Crippen molar-refractivity contribution in [1.29, 1.82) is 0 Å². The van der Waals surface area contributed by atoms with Crippen molar-refractivity contribution >= 4 is 21.4 Å². The summed E-state index contributed by atoms with van der Waals surface area (Å²) in [5, 5.41) is 2.86. The van der Waals surface area contributed by atoms with Gasteiger partial charge in [0.15, 0.2) is 0 Å². The lowest BCUT2D eigenvalue weighted by Crippen LogP contribution is -2.22. The van der Waals surface area contributed by atoms with Gasteiger partial charge in [0, 0.05) is 17.9 Å². The van der Waals surface area contributed by atoms with Gasteiger partial charge in [0.2, 0.25) is 10.0 Å². The minimum absolute atomic E-state index is 0.447. The summed E-state index contributed by atoms with van der Waals surface area (Å²) in [6.07, 6.45) is 0. The molecule has 0 fully saturated rings. The van der Waals surface area contributed by atoms with E-state index in [-0.39, 0.29) is 0 Å². The lowest BCUT2D eigenvalue weighted by atomic mass is 10.2. The molecule has 0 aliphatic heterocycles. The highest BCUT2D eigenvalue weighted by molar-refractivity contribution is 7.93. The molecular weight excluding hydrogens is 284 g/mol. The molecule has 5 heteroatoms. The first-order valence-corrected chi connectivity index (χ1v) is 8.41. The third-order valence-corrected chi connectivity index (χ3v) is 4.87. The second-order valence-electron chi connectivity index (χ2n) is 5.11. The molecule has 0 saturated carbocycles. The molecule has 4 nitrogen and oxygen atoms in total. The Bertz CT molecular complexity index is 665. The van der Waals surface area contributed by atoms with Gasteiger partial charge in [-0.1, -0.05) is 30.3 Å². The van der Waals surface area contributed by atoms with Crippen molar-refractivity contribution in [2.75, 3.05) is 10.0 Å². The molecular formula is C16H20N2O2S. The summed E-state index contributed by atoms with van der Waals surface area (Å²) in [5.74, 6) is 0. The summed E-state index contributed by atoms with van der Waals surface area (Å²) in [6, 6.07) is 17.3. The third-order valence-electron chi connectivity index (χ3n) is 3.11. The molecule has 0 spiro atoms. The van der Waals surface area contributed by atoms with Crippen molar-refractivity contribution in [2.24, 2.45) is 0 Å². The predicted molar refractivity (Wildman–Crippen MR) is 87.9 cm³/mol. The molecule has 0 unspecified atom stereocenters. The maximum atomic E-state index is 11.8. The first kappa shape index (κ1) is 15.4.